The van der Waals surface area contributed by atoms with E-state index in [2.05, 4.69) is 20.3 Å². The van der Waals surface area contributed by atoms with Gasteiger partial charge in [-0.15, -0.1) is 0 Å². The van der Waals surface area contributed by atoms with Gasteiger partial charge in [-0.2, -0.15) is 18.2 Å². The number of alkyl halides is 3. The van der Waals surface area contributed by atoms with Crippen LogP contribution in [-0.4, -0.2) is 41.3 Å². The number of nitrogens with one attached hydrogen (secondary N) is 2. The van der Waals surface area contributed by atoms with Crippen LogP contribution >= 0.6 is 0 Å². The third kappa shape index (κ3) is 3.63. The molecule has 3 aromatic rings. The van der Waals surface area contributed by atoms with Crippen LogP contribution in [0.2, 0.25) is 0 Å². The molecular formula is C18H16F3N5O2. The lowest BCUT2D eigenvalue weighted by atomic mass is 10.2. The monoisotopic (exact) mass is 391 g/mol. The lowest BCUT2D eigenvalue weighted by molar-refractivity contribution is -0.137. The SMILES string of the molecule is O=c1[nH]ccc2nc(N3CCOCC3)nc(Nc3ccc(C(F)(F)F)cc3)c12. The van der Waals surface area contributed by atoms with Gasteiger partial charge in [-0.05, 0) is 30.3 Å². The van der Waals surface area contributed by atoms with Gasteiger partial charge in [0, 0.05) is 25.0 Å². The van der Waals surface area contributed by atoms with E-state index in [4.69, 9.17) is 4.74 Å². The van der Waals surface area contributed by atoms with Crippen LogP contribution in [0.1, 0.15) is 5.56 Å². The molecule has 7 nitrogen and oxygen atoms in total. The summed E-state index contributed by atoms with van der Waals surface area (Å²) in [4.78, 5) is 25.7. The van der Waals surface area contributed by atoms with Crippen molar-refractivity contribution in [1.82, 2.24) is 15.0 Å². The molecule has 28 heavy (non-hydrogen) atoms. The number of hydrogen-bond acceptors (Lipinski definition) is 6. The van der Waals surface area contributed by atoms with Gasteiger partial charge in [-0.3, -0.25) is 4.79 Å². The smallest absolute Gasteiger partial charge is 0.378 e. The molecule has 4 rings (SSSR count). The van der Waals surface area contributed by atoms with Crippen LogP contribution in [0.15, 0.2) is 41.3 Å². The Kier molecular flexibility index (Phi) is 4.63. The van der Waals surface area contributed by atoms with Crippen molar-refractivity contribution in [2.24, 2.45) is 0 Å². The number of fused-ring (bicyclic) bond motifs is 1. The second-order valence-corrected chi connectivity index (χ2v) is 6.24. The van der Waals surface area contributed by atoms with E-state index in [9.17, 15) is 18.0 Å². The largest absolute Gasteiger partial charge is 0.416 e. The normalized spacial score (nSPS) is 15.0. The minimum atomic E-state index is -4.42. The number of aromatic amines is 1. The fourth-order valence-electron chi connectivity index (χ4n) is 2.95. The van der Waals surface area contributed by atoms with E-state index in [1.807, 2.05) is 4.90 Å². The summed E-state index contributed by atoms with van der Waals surface area (Å²) in [5.41, 5.74) is -0.322. The highest BCUT2D eigenvalue weighted by Crippen LogP contribution is 2.31. The van der Waals surface area contributed by atoms with Gasteiger partial charge in [-0.1, -0.05) is 0 Å². The summed E-state index contributed by atoms with van der Waals surface area (Å²) < 4.78 is 43.6. The van der Waals surface area contributed by atoms with Crippen LogP contribution in [0, 0.1) is 0 Å². The Morgan fingerprint density at radius 3 is 2.46 bits per heavy atom. The molecule has 10 heteroatoms. The molecule has 1 fully saturated rings. The van der Waals surface area contributed by atoms with Gasteiger partial charge < -0.3 is 19.9 Å². The Labute approximate surface area is 157 Å². The summed E-state index contributed by atoms with van der Waals surface area (Å²) >= 11 is 0. The molecule has 0 unspecified atom stereocenters. The first-order chi connectivity index (χ1) is 13.4. The highest BCUT2D eigenvalue weighted by molar-refractivity contribution is 5.90. The predicted molar refractivity (Wildman–Crippen MR) is 97.9 cm³/mol. The van der Waals surface area contributed by atoms with E-state index >= 15 is 0 Å². The van der Waals surface area contributed by atoms with Crippen molar-refractivity contribution in [1.29, 1.82) is 0 Å². The number of hydrogen-bond donors (Lipinski definition) is 2. The molecule has 0 saturated carbocycles. The highest BCUT2D eigenvalue weighted by Gasteiger charge is 2.30. The molecule has 1 aliphatic heterocycles. The first-order valence-corrected chi connectivity index (χ1v) is 8.58. The number of nitrogens with zero attached hydrogens (tertiary/aromatic N) is 3. The number of rotatable bonds is 3. The third-order valence-electron chi connectivity index (χ3n) is 4.38. The Bertz CT molecular complexity index is 1040. The summed E-state index contributed by atoms with van der Waals surface area (Å²) in [6.45, 7) is 2.29. The summed E-state index contributed by atoms with van der Waals surface area (Å²) in [7, 11) is 0. The molecule has 1 aromatic carbocycles. The van der Waals surface area contributed by atoms with Gasteiger partial charge in [-0.25, -0.2) is 4.98 Å². The standard InChI is InChI=1S/C18H16F3N5O2/c19-18(20,21)11-1-3-12(4-2-11)23-15-14-13(5-6-22-16(14)27)24-17(25-15)26-7-9-28-10-8-26/h1-6H,7-10H2,(H,22,27)(H,23,24,25). The average Bonchev–Trinajstić information content (AvgIpc) is 2.68. The zero-order valence-corrected chi connectivity index (χ0v) is 14.6. The van der Waals surface area contributed by atoms with Crippen LogP contribution in [0.3, 0.4) is 0 Å². The van der Waals surface area contributed by atoms with Crippen molar-refractivity contribution in [2.75, 3.05) is 36.5 Å². The van der Waals surface area contributed by atoms with Crippen molar-refractivity contribution in [2.45, 2.75) is 6.18 Å². The maximum atomic E-state index is 12.8. The number of halogens is 3. The number of morpholine rings is 1. The third-order valence-corrected chi connectivity index (χ3v) is 4.38. The van der Waals surface area contributed by atoms with E-state index in [0.29, 0.717) is 43.5 Å². The molecule has 1 saturated heterocycles. The van der Waals surface area contributed by atoms with Gasteiger partial charge in [0.05, 0.1) is 24.3 Å². The van der Waals surface area contributed by atoms with Gasteiger partial charge in [0.15, 0.2) is 0 Å². The topological polar surface area (TPSA) is 83.1 Å². The molecule has 2 N–H and O–H groups in total. The quantitative estimate of drug-likeness (QED) is 0.714. The summed E-state index contributed by atoms with van der Waals surface area (Å²) in [6, 6.07) is 6.18. The minimum absolute atomic E-state index is 0.230. The fraction of sp³-hybridized carbons (Fsp3) is 0.278. The van der Waals surface area contributed by atoms with Crippen molar-refractivity contribution < 1.29 is 17.9 Å². The molecule has 0 amide bonds. The molecule has 3 heterocycles. The molecule has 2 aromatic heterocycles. The van der Waals surface area contributed by atoms with E-state index in [1.165, 1.54) is 18.3 Å². The summed E-state index contributed by atoms with van der Waals surface area (Å²) in [5, 5.41) is 3.19. The molecule has 0 bridgehead atoms. The molecule has 0 spiro atoms. The lowest BCUT2D eigenvalue weighted by Gasteiger charge is -2.27. The first-order valence-electron chi connectivity index (χ1n) is 8.58. The number of aromatic nitrogens is 3. The number of pyridine rings is 1. The second-order valence-electron chi connectivity index (χ2n) is 6.24. The van der Waals surface area contributed by atoms with Gasteiger partial charge >= 0.3 is 6.18 Å². The van der Waals surface area contributed by atoms with Gasteiger partial charge in [0.2, 0.25) is 5.95 Å². The maximum Gasteiger partial charge on any atom is 0.416 e. The first kappa shape index (κ1) is 18.2. The Balaban J connectivity index is 1.75. The van der Waals surface area contributed by atoms with Crippen molar-refractivity contribution in [3.8, 4) is 0 Å². The summed E-state index contributed by atoms with van der Waals surface area (Å²) in [5.74, 6) is 0.656. The minimum Gasteiger partial charge on any atom is -0.378 e. The zero-order chi connectivity index (χ0) is 19.7. The van der Waals surface area contributed by atoms with Crippen molar-refractivity contribution >= 4 is 28.4 Å². The van der Waals surface area contributed by atoms with Crippen LogP contribution in [-0.2, 0) is 10.9 Å². The number of H-pyrrole nitrogens is 1. The Morgan fingerprint density at radius 2 is 1.79 bits per heavy atom. The number of benzene rings is 1. The number of anilines is 3. The van der Waals surface area contributed by atoms with Crippen LogP contribution in [0.4, 0.5) is 30.6 Å². The van der Waals surface area contributed by atoms with Gasteiger partial charge in [0.25, 0.3) is 5.56 Å². The van der Waals surface area contributed by atoms with Crippen molar-refractivity contribution in [3.05, 3.63) is 52.4 Å². The van der Waals surface area contributed by atoms with E-state index in [1.54, 1.807) is 6.07 Å². The molecular weight excluding hydrogens is 375 g/mol. The number of ether oxygens (including phenoxy) is 1. The van der Waals surface area contributed by atoms with E-state index in [-0.39, 0.29) is 16.8 Å². The Morgan fingerprint density at radius 1 is 1.07 bits per heavy atom. The maximum absolute atomic E-state index is 12.8. The molecule has 0 aliphatic carbocycles. The Hall–Kier alpha value is -3.14. The molecule has 0 radical (unpaired) electrons. The van der Waals surface area contributed by atoms with Crippen LogP contribution in [0.5, 0.6) is 0 Å². The van der Waals surface area contributed by atoms with Crippen LogP contribution in [0.25, 0.3) is 10.9 Å². The lowest BCUT2D eigenvalue weighted by Crippen LogP contribution is -2.37. The summed E-state index contributed by atoms with van der Waals surface area (Å²) in [6.07, 6.45) is -2.93. The zero-order valence-electron chi connectivity index (χ0n) is 14.6. The van der Waals surface area contributed by atoms with Gasteiger partial charge in [0.1, 0.15) is 11.2 Å². The van der Waals surface area contributed by atoms with Crippen molar-refractivity contribution in [3.63, 3.8) is 0 Å². The molecule has 1 aliphatic rings. The molecule has 0 atom stereocenters. The van der Waals surface area contributed by atoms with E-state index in [0.717, 1.165) is 12.1 Å². The average molecular weight is 391 g/mol. The van der Waals surface area contributed by atoms with E-state index < -0.39 is 11.7 Å². The predicted octanol–water partition coefficient (Wildman–Crippen LogP) is 2.92. The second kappa shape index (κ2) is 7.12. The molecule has 146 valence electrons. The fourth-order valence-corrected chi connectivity index (χ4v) is 2.95. The highest BCUT2D eigenvalue weighted by atomic mass is 19.4. The van der Waals surface area contributed by atoms with Crippen LogP contribution < -0.4 is 15.8 Å².